The van der Waals surface area contributed by atoms with E-state index in [2.05, 4.69) is 45.0 Å². The number of hydrogen-bond donors (Lipinski definition) is 0. The van der Waals surface area contributed by atoms with Crippen molar-refractivity contribution in [1.29, 1.82) is 0 Å². The topological polar surface area (TPSA) is 61.8 Å². The lowest BCUT2D eigenvalue weighted by Gasteiger charge is -2.43. The molecule has 1 saturated heterocycles. The Hall–Kier alpha value is -2.28. The summed E-state index contributed by atoms with van der Waals surface area (Å²) in [5.41, 5.74) is 0. The molecular weight excluding hydrogens is 480 g/mol. The molecule has 202 valence electrons. The van der Waals surface area contributed by atoms with Crippen molar-refractivity contribution < 1.29 is 23.5 Å². The van der Waals surface area contributed by atoms with Crippen molar-refractivity contribution in [2.24, 2.45) is 11.8 Å². The monoisotopic (exact) mass is 524 g/mol. The largest absolute Gasteiger partial charge is 0.463 e. The molecule has 0 unspecified atom stereocenters. The highest BCUT2D eigenvalue weighted by atomic mass is 28.4. The highest BCUT2D eigenvalue weighted by Gasteiger charge is 2.50. The van der Waals surface area contributed by atoms with Gasteiger partial charge in [0.25, 0.3) is 8.32 Å². The lowest BCUT2D eigenvalue weighted by molar-refractivity contribution is -0.155. The minimum Gasteiger partial charge on any atom is -0.463 e. The second-order valence-corrected chi connectivity index (χ2v) is 15.8. The molecular formula is C31H44O5Si. The molecule has 2 aromatic carbocycles. The number of benzene rings is 2. The first kappa shape index (κ1) is 29.3. The van der Waals surface area contributed by atoms with Gasteiger partial charge in [0.2, 0.25) is 0 Å². The smallest absolute Gasteiger partial charge is 0.311 e. The third-order valence-electron chi connectivity index (χ3n) is 7.17. The summed E-state index contributed by atoms with van der Waals surface area (Å²) in [6.07, 6.45) is 3.26. The number of ketones is 1. The first-order valence-corrected chi connectivity index (χ1v) is 15.6. The van der Waals surface area contributed by atoms with Crippen molar-refractivity contribution in [3.63, 3.8) is 0 Å². The zero-order valence-electron chi connectivity index (χ0n) is 23.2. The molecule has 2 aromatic rings. The lowest BCUT2D eigenvalue weighted by atomic mass is 9.96. The Kier molecular flexibility index (Phi) is 10.7. The van der Waals surface area contributed by atoms with E-state index in [0.29, 0.717) is 12.3 Å². The molecule has 0 saturated carbocycles. The van der Waals surface area contributed by atoms with Crippen LogP contribution in [0.4, 0.5) is 0 Å². The van der Waals surface area contributed by atoms with Crippen LogP contribution in [0.5, 0.6) is 0 Å². The molecule has 1 aliphatic heterocycles. The van der Waals surface area contributed by atoms with E-state index in [1.54, 1.807) is 0 Å². The molecule has 6 heteroatoms. The summed E-state index contributed by atoms with van der Waals surface area (Å²) in [6, 6.07) is 20.7. The molecule has 0 aliphatic carbocycles. The Balaban J connectivity index is 1.83. The zero-order chi connectivity index (χ0) is 26.9. The molecule has 1 heterocycles. The number of Topliss-reactive ketones (excluding diaryl/α,β-unsaturated/α-hetero) is 1. The SMILES string of the molecule is CC(C)OC(=O)[C@H](CO[Si](c1ccccc1)(c1ccccc1)C(C)(C)C)CC(=O)CCC[C@@H]1CCOC1. The van der Waals surface area contributed by atoms with Crippen LogP contribution in [0.3, 0.4) is 0 Å². The Morgan fingerprint density at radius 2 is 1.59 bits per heavy atom. The number of ether oxygens (including phenoxy) is 2. The van der Waals surface area contributed by atoms with Gasteiger partial charge in [0.15, 0.2) is 0 Å². The first-order valence-electron chi connectivity index (χ1n) is 13.7. The number of hydrogen-bond acceptors (Lipinski definition) is 5. The van der Waals surface area contributed by atoms with Crippen molar-refractivity contribution in [2.45, 2.75) is 77.9 Å². The Bertz CT molecular complexity index is 938. The molecule has 0 radical (unpaired) electrons. The number of esters is 1. The standard InChI is InChI=1S/C31H44O5Si/c1-24(2)36-30(33)26(21-27(32)14-12-13-25-19-20-34-22-25)23-35-37(31(3,4)5,28-15-8-6-9-16-28)29-17-10-7-11-18-29/h6-11,15-18,24-26H,12-14,19-23H2,1-5H3/t25-,26+/m1/s1. The second kappa shape index (κ2) is 13.5. The Labute approximate surface area is 224 Å². The summed E-state index contributed by atoms with van der Waals surface area (Å²) in [7, 11) is -2.83. The van der Waals surface area contributed by atoms with Crippen molar-refractivity contribution >= 4 is 30.4 Å². The van der Waals surface area contributed by atoms with Crippen LogP contribution in [0.1, 0.15) is 66.7 Å². The average Bonchev–Trinajstić information content (AvgIpc) is 3.37. The van der Waals surface area contributed by atoms with Gasteiger partial charge in [-0.1, -0.05) is 81.4 Å². The third-order valence-corrected chi connectivity index (χ3v) is 12.2. The summed E-state index contributed by atoms with van der Waals surface area (Å²) >= 11 is 0. The summed E-state index contributed by atoms with van der Waals surface area (Å²) in [5.74, 6) is -0.347. The Morgan fingerprint density at radius 3 is 2.08 bits per heavy atom. The number of carbonyl (C=O) groups is 2. The van der Waals surface area contributed by atoms with E-state index in [1.165, 1.54) is 0 Å². The summed E-state index contributed by atoms with van der Waals surface area (Å²) in [6.45, 7) is 12.1. The molecule has 0 amide bonds. The predicted octanol–water partition coefficient (Wildman–Crippen LogP) is 5.30. The van der Waals surface area contributed by atoms with Crippen LogP contribution in [0, 0.1) is 11.8 Å². The van der Waals surface area contributed by atoms with Gasteiger partial charge in [-0.25, -0.2) is 0 Å². The number of rotatable bonds is 13. The van der Waals surface area contributed by atoms with E-state index in [-0.39, 0.29) is 35.9 Å². The van der Waals surface area contributed by atoms with Crippen molar-refractivity contribution in [1.82, 2.24) is 0 Å². The zero-order valence-corrected chi connectivity index (χ0v) is 24.2. The molecule has 1 fully saturated rings. The van der Waals surface area contributed by atoms with Crippen LogP contribution in [0.25, 0.3) is 0 Å². The minimum atomic E-state index is -2.83. The van der Waals surface area contributed by atoms with Gasteiger partial charge in [0.05, 0.1) is 12.0 Å². The highest BCUT2D eigenvalue weighted by molar-refractivity contribution is 6.99. The van der Waals surface area contributed by atoms with Gasteiger partial charge >= 0.3 is 5.97 Å². The van der Waals surface area contributed by atoms with Crippen LogP contribution in [0.15, 0.2) is 60.7 Å². The summed E-state index contributed by atoms with van der Waals surface area (Å²) < 4.78 is 18.0. The number of carbonyl (C=O) groups excluding carboxylic acids is 2. The fourth-order valence-corrected chi connectivity index (χ4v) is 9.91. The maximum absolute atomic E-state index is 13.2. The fraction of sp³-hybridized carbons (Fsp3) is 0.548. The average molecular weight is 525 g/mol. The quantitative estimate of drug-likeness (QED) is 0.263. The third kappa shape index (κ3) is 7.85. The van der Waals surface area contributed by atoms with Gasteiger partial charge in [0.1, 0.15) is 5.78 Å². The van der Waals surface area contributed by atoms with E-state index < -0.39 is 14.2 Å². The maximum Gasteiger partial charge on any atom is 0.311 e. The van der Waals surface area contributed by atoms with Gasteiger partial charge in [-0.3, -0.25) is 9.59 Å². The summed E-state index contributed by atoms with van der Waals surface area (Å²) in [4.78, 5) is 26.2. The van der Waals surface area contributed by atoms with Gasteiger partial charge in [-0.2, -0.15) is 0 Å². The van der Waals surface area contributed by atoms with Crippen LogP contribution in [-0.2, 0) is 23.5 Å². The van der Waals surface area contributed by atoms with Crippen molar-refractivity contribution in [3.05, 3.63) is 60.7 Å². The molecule has 0 spiro atoms. The van der Waals surface area contributed by atoms with Crippen LogP contribution in [0.2, 0.25) is 5.04 Å². The van der Waals surface area contributed by atoms with Gasteiger partial charge in [-0.05, 0) is 54.4 Å². The van der Waals surface area contributed by atoms with E-state index in [4.69, 9.17) is 13.9 Å². The molecule has 2 atom stereocenters. The normalized spacial score (nSPS) is 17.1. The Morgan fingerprint density at radius 1 is 1.00 bits per heavy atom. The van der Waals surface area contributed by atoms with Crippen molar-refractivity contribution in [3.8, 4) is 0 Å². The molecule has 0 N–H and O–H groups in total. The molecule has 0 aromatic heterocycles. The maximum atomic E-state index is 13.2. The molecule has 5 nitrogen and oxygen atoms in total. The van der Waals surface area contributed by atoms with Crippen molar-refractivity contribution in [2.75, 3.05) is 19.8 Å². The van der Waals surface area contributed by atoms with E-state index >= 15 is 0 Å². The van der Waals surface area contributed by atoms with Crippen LogP contribution >= 0.6 is 0 Å². The van der Waals surface area contributed by atoms with Crippen LogP contribution in [-0.4, -0.2) is 46.0 Å². The molecule has 3 rings (SSSR count). The van der Waals surface area contributed by atoms with Gasteiger partial charge in [-0.15, -0.1) is 0 Å². The minimum absolute atomic E-state index is 0.0932. The van der Waals surface area contributed by atoms with Gasteiger partial charge < -0.3 is 13.9 Å². The lowest BCUT2D eigenvalue weighted by Crippen LogP contribution is -2.67. The van der Waals surface area contributed by atoms with Crippen LogP contribution < -0.4 is 10.4 Å². The van der Waals surface area contributed by atoms with E-state index in [0.717, 1.165) is 42.8 Å². The van der Waals surface area contributed by atoms with E-state index in [1.807, 2.05) is 50.2 Å². The predicted molar refractivity (Wildman–Crippen MR) is 151 cm³/mol. The second-order valence-electron chi connectivity index (χ2n) is 11.5. The van der Waals surface area contributed by atoms with E-state index in [9.17, 15) is 9.59 Å². The molecule has 1 aliphatic rings. The van der Waals surface area contributed by atoms with Gasteiger partial charge in [0, 0.05) is 32.7 Å². The highest BCUT2D eigenvalue weighted by Crippen LogP contribution is 2.37. The molecule has 37 heavy (non-hydrogen) atoms. The summed E-state index contributed by atoms with van der Waals surface area (Å²) in [5, 5.41) is 2.08. The fourth-order valence-electron chi connectivity index (χ4n) is 5.30. The molecule has 0 bridgehead atoms. The first-order chi connectivity index (χ1) is 17.6.